The molecule has 0 aliphatic rings. The van der Waals surface area contributed by atoms with E-state index in [1.165, 1.54) is 23.5 Å². The zero-order valence-corrected chi connectivity index (χ0v) is 11.6. The van der Waals surface area contributed by atoms with E-state index >= 15 is 0 Å². The van der Waals surface area contributed by atoms with Crippen LogP contribution >= 0.6 is 11.3 Å². The topological polar surface area (TPSA) is 79.3 Å². The van der Waals surface area contributed by atoms with Crippen molar-refractivity contribution in [3.05, 3.63) is 57.8 Å². The molecule has 2 aromatic rings. The van der Waals surface area contributed by atoms with E-state index in [2.05, 4.69) is 10.3 Å². The molecular weight excluding hydrogens is 295 g/mol. The zero-order valence-electron chi connectivity index (χ0n) is 10.7. The number of nitrogens with zero attached hydrogens (tertiary/aromatic N) is 1. The monoisotopic (exact) mass is 306 g/mol. The summed E-state index contributed by atoms with van der Waals surface area (Å²) in [5.74, 6) is -2.25. The average molecular weight is 306 g/mol. The molecule has 1 aromatic heterocycles. The van der Waals surface area contributed by atoms with Crippen molar-refractivity contribution in [3.8, 4) is 0 Å². The highest BCUT2D eigenvalue weighted by molar-refractivity contribution is 7.07. The fourth-order valence-electron chi connectivity index (χ4n) is 1.56. The van der Waals surface area contributed by atoms with E-state index in [-0.39, 0.29) is 17.7 Å². The summed E-state index contributed by atoms with van der Waals surface area (Å²) in [6, 6.07) is 3.85. The van der Waals surface area contributed by atoms with Gasteiger partial charge in [-0.25, -0.2) is 14.2 Å². The number of hydrogen-bond acceptors (Lipinski definition) is 4. The smallest absolute Gasteiger partial charge is 0.328 e. The number of carboxylic acids is 1. The number of carbonyl (C=O) groups is 2. The Morgan fingerprint density at radius 2 is 2.24 bits per heavy atom. The van der Waals surface area contributed by atoms with Crippen LogP contribution in [0.25, 0.3) is 6.08 Å². The summed E-state index contributed by atoms with van der Waals surface area (Å²) in [4.78, 5) is 26.3. The Balaban J connectivity index is 2.05. The lowest BCUT2D eigenvalue weighted by atomic mass is 10.1. The largest absolute Gasteiger partial charge is 0.478 e. The number of amides is 1. The number of aliphatic carboxylic acids is 1. The maximum atomic E-state index is 13.7. The lowest BCUT2D eigenvalue weighted by Crippen LogP contribution is -2.23. The fraction of sp³-hybridized carbons (Fsp3) is 0.0714. The predicted molar refractivity (Wildman–Crippen MR) is 76.4 cm³/mol. The van der Waals surface area contributed by atoms with Crippen molar-refractivity contribution >= 4 is 29.3 Å². The molecule has 2 rings (SSSR count). The van der Waals surface area contributed by atoms with Crippen molar-refractivity contribution in [2.45, 2.75) is 6.54 Å². The Hall–Kier alpha value is -2.54. The van der Waals surface area contributed by atoms with Gasteiger partial charge in [-0.1, -0.05) is 6.07 Å². The summed E-state index contributed by atoms with van der Waals surface area (Å²) >= 11 is 1.42. The molecule has 2 N–H and O–H groups in total. The highest BCUT2D eigenvalue weighted by Crippen LogP contribution is 2.12. The highest BCUT2D eigenvalue weighted by atomic mass is 32.1. The van der Waals surface area contributed by atoms with Crippen molar-refractivity contribution in [1.82, 2.24) is 10.3 Å². The normalized spacial score (nSPS) is 10.7. The molecule has 21 heavy (non-hydrogen) atoms. The van der Waals surface area contributed by atoms with Gasteiger partial charge in [0.25, 0.3) is 5.91 Å². The standard InChI is InChI=1S/C14H11FN2O3S/c15-12-5-10(2-1-9(12)3-4-13(18)19)14(20)16-6-11-7-21-8-17-11/h1-5,7-8H,6H2,(H,16,20)(H,18,19). The Labute approximate surface area is 123 Å². The molecule has 0 unspecified atom stereocenters. The molecule has 0 atom stereocenters. The molecule has 1 aromatic carbocycles. The third-order valence-corrected chi connectivity index (χ3v) is 3.22. The first-order chi connectivity index (χ1) is 10.1. The van der Waals surface area contributed by atoms with Crippen LogP contribution in [-0.4, -0.2) is 22.0 Å². The number of carboxylic acid groups (broad SMARTS) is 1. The maximum Gasteiger partial charge on any atom is 0.328 e. The predicted octanol–water partition coefficient (Wildman–Crippen LogP) is 2.31. The lowest BCUT2D eigenvalue weighted by Gasteiger charge is -2.05. The molecule has 0 fully saturated rings. The molecular formula is C14H11FN2O3S. The number of thiazole rings is 1. The van der Waals surface area contributed by atoms with E-state index in [1.54, 1.807) is 10.9 Å². The first-order valence-corrected chi connectivity index (χ1v) is 6.86. The van der Waals surface area contributed by atoms with Gasteiger partial charge in [0, 0.05) is 22.6 Å². The maximum absolute atomic E-state index is 13.7. The summed E-state index contributed by atoms with van der Waals surface area (Å²) in [6.45, 7) is 0.268. The molecule has 0 spiro atoms. The molecule has 0 aliphatic heterocycles. The summed E-state index contributed by atoms with van der Waals surface area (Å²) in [6.07, 6.45) is 1.97. The van der Waals surface area contributed by atoms with Crippen LogP contribution in [0.15, 0.2) is 35.2 Å². The van der Waals surface area contributed by atoms with Crippen LogP contribution < -0.4 is 5.32 Å². The van der Waals surface area contributed by atoms with Crippen molar-refractivity contribution in [2.24, 2.45) is 0 Å². The van der Waals surface area contributed by atoms with Gasteiger partial charge < -0.3 is 10.4 Å². The minimum Gasteiger partial charge on any atom is -0.478 e. The first kappa shape index (κ1) is 14.9. The minimum atomic E-state index is -1.17. The molecule has 0 aliphatic carbocycles. The molecule has 108 valence electrons. The van der Waals surface area contributed by atoms with Crippen molar-refractivity contribution in [3.63, 3.8) is 0 Å². The highest BCUT2D eigenvalue weighted by Gasteiger charge is 2.09. The Morgan fingerprint density at radius 3 is 2.86 bits per heavy atom. The fourth-order valence-corrected chi connectivity index (χ4v) is 2.12. The van der Waals surface area contributed by atoms with Gasteiger partial charge >= 0.3 is 5.97 Å². The lowest BCUT2D eigenvalue weighted by molar-refractivity contribution is -0.131. The van der Waals surface area contributed by atoms with Crippen molar-refractivity contribution < 1.29 is 19.1 Å². The van der Waals surface area contributed by atoms with Crippen LogP contribution in [0.1, 0.15) is 21.6 Å². The van der Waals surface area contributed by atoms with Crippen LogP contribution in [0.4, 0.5) is 4.39 Å². The van der Waals surface area contributed by atoms with Gasteiger partial charge in [-0.2, -0.15) is 0 Å². The summed E-state index contributed by atoms with van der Waals surface area (Å²) < 4.78 is 13.7. The van der Waals surface area contributed by atoms with Crippen LogP contribution in [0.3, 0.4) is 0 Å². The van der Waals surface area contributed by atoms with Crippen LogP contribution in [0, 0.1) is 5.82 Å². The summed E-state index contributed by atoms with van der Waals surface area (Å²) in [7, 11) is 0. The summed E-state index contributed by atoms with van der Waals surface area (Å²) in [5.41, 5.74) is 2.66. The van der Waals surface area contributed by atoms with Crippen molar-refractivity contribution in [2.75, 3.05) is 0 Å². The Kier molecular flexibility index (Phi) is 4.78. The Bertz CT molecular complexity index is 684. The zero-order chi connectivity index (χ0) is 15.2. The second-order valence-electron chi connectivity index (χ2n) is 4.07. The Morgan fingerprint density at radius 1 is 1.43 bits per heavy atom. The van der Waals surface area contributed by atoms with Crippen LogP contribution in [0.2, 0.25) is 0 Å². The van der Waals surface area contributed by atoms with Crippen LogP contribution in [0.5, 0.6) is 0 Å². The number of halogens is 1. The number of hydrogen-bond donors (Lipinski definition) is 2. The van der Waals surface area contributed by atoms with Gasteiger partial charge in [0.15, 0.2) is 0 Å². The van der Waals surface area contributed by atoms with E-state index in [1.807, 2.05) is 0 Å². The molecule has 1 amide bonds. The quantitative estimate of drug-likeness (QED) is 0.831. The van der Waals surface area contributed by atoms with Gasteiger partial charge in [0.05, 0.1) is 17.7 Å². The van der Waals surface area contributed by atoms with Crippen molar-refractivity contribution in [1.29, 1.82) is 0 Å². The third-order valence-electron chi connectivity index (χ3n) is 2.58. The number of rotatable bonds is 5. The SMILES string of the molecule is O=C(O)C=Cc1ccc(C(=O)NCc2cscn2)cc1F. The molecule has 7 heteroatoms. The number of carbonyl (C=O) groups excluding carboxylic acids is 1. The van der Waals surface area contributed by atoms with Gasteiger partial charge in [0.2, 0.25) is 0 Å². The second-order valence-corrected chi connectivity index (χ2v) is 4.79. The molecule has 5 nitrogen and oxygen atoms in total. The van der Waals surface area contributed by atoms with Gasteiger partial charge in [-0.15, -0.1) is 11.3 Å². The molecule has 0 bridgehead atoms. The van der Waals surface area contributed by atoms with Crippen LogP contribution in [-0.2, 0) is 11.3 Å². The molecule has 0 saturated heterocycles. The average Bonchev–Trinajstić information content (AvgIpc) is 2.96. The minimum absolute atomic E-state index is 0.105. The van der Waals surface area contributed by atoms with Gasteiger partial charge in [-0.3, -0.25) is 4.79 Å². The number of benzene rings is 1. The van der Waals surface area contributed by atoms with E-state index in [9.17, 15) is 14.0 Å². The van der Waals surface area contributed by atoms with Gasteiger partial charge in [-0.05, 0) is 18.2 Å². The number of aromatic nitrogens is 1. The molecule has 0 saturated carbocycles. The number of nitrogens with one attached hydrogen (secondary N) is 1. The molecule has 0 radical (unpaired) electrons. The van der Waals surface area contributed by atoms with E-state index in [0.29, 0.717) is 0 Å². The van der Waals surface area contributed by atoms with E-state index in [4.69, 9.17) is 5.11 Å². The third kappa shape index (κ3) is 4.22. The van der Waals surface area contributed by atoms with E-state index in [0.717, 1.165) is 23.9 Å². The van der Waals surface area contributed by atoms with E-state index < -0.39 is 17.7 Å². The molecule has 1 heterocycles. The summed E-state index contributed by atoms with van der Waals surface area (Å²) in [5, 5.41) is 12.9. The second kappa shape index (κ2) is 6.76. The first-order valence-electron chi connectivity index (χ1n) is 5.92. The van der Waals surface area contributed by atoms with Gasteiger partial charge in [0.1, 0.15) is 5.82 Å².